The minimum Gasteiger partial charge on any atom is -0.354 e. The summed E-state index contributed by atoms with van der Waals surface area (Å²) < 4.78 is 0. The van der Waals surface area contributed by atoms with Crippen LogP contribution in [0.4, 0.5) is 5.82 Å². The van der Waals surface area contributed by atoms with E-state index >= 15 is 0 Å². The summed E-state index contributed by atoms with van der Waals surface area (Å²) in [4.78, 5) is 17.3. The van der Waals surface area contributed by atoms with E-state index in [9.17, 15) is 0 Å². The first kappa shape index (κ1) is 24.7. The van der Waals surface area contributed by atoms with Crippen LogP contribution in [-0.4, -0.2) is 74.3 Å². The minimum absolute atomic E-state index is 0. The lowest BCUT2D eigenvalue weighted by molar-refractivity contribution is 0.311. The molecule has 0 atom stereocenters. The van der Waals surface area contributed by atoms with E-state index in [1.807, 2.05) is 19.3 Å². The molecule has 0 spiro atoms. The second-order valence-corrected chi connectivity index (χ2v) is 8.26. The van der Waals surface area contributed by atoms with E-state index in [4.69, 9.17) is 0 Å². The zero-order valence-electron chi connectivity index (χ0n) is 18.3. The predicted octanol–water partition coefficient (Wildman–Crippen LogP) is 3.38. The number of guanidine groups is 1. The van der Waals surface area contributed by atoms with Crippen LogP contribution in [0.15, 0.2) is 52.5 Å². The van der Waals surface area contributed by atoms with Crippen LogP contribution in [-0.2, 0) is 13.1 Å². The van der Waals surface area contributed by atoms with Crippen LogP contribution >= 0.6 is 35.7 Å². The van der Waals surface area contributed by atoms with Gasteiger partial charge in [-0.05, 0) is 37.1 Å². The number of aromatic nitrogens is 1. The Morgan fingerprint density at radius 2 is 1.87 bits per heavy atom. The van der Waals surface area contributed by atoms with E-state index in [1.165, 1.54) is 16.0 Å². The molecule has 1 fully saturated rings. The molecule has 0 amide bonds. The molecule has 0 unspecified atom stereocenters. The quantitative estimate of drug-likeness (QED) is 0.263. The van der Waals surface area contributed by atoms with E-state index < -0.39 is 0 Å². The average Bonchev–Trinajstić information content (AvgIpc) is 2.75. The van der Waals surface area contributed by atoms with Crippen molar-refractivity contribution in [3.8, 4) is 0 Å². The third kappa shape index (κ3) is 6.75. The molecule has 1 aromatic carbocycles. The van der Waals surface area contributed by atoms with Crippen molar-refractivity contribution in [3.63, 3.8) is 0 Å². The van der Waals surface area contributed by atoms with Crippen molar-refractivity contribution in [1.82, 2.24) is 20.1 Å². The largest absolute Gasteiger partial charge is 0.354 e. The molecule has 2 heterocycles. The second-order valence-electron chi connectivity index (χ2n) is 7.38. The molecule has 0 saturated carbocycles. The van der Waals surface area contributed by atoms with Crippen LogP contribution in [0.3, 0.4) is 0 Å². The number of thioether (sulfide) groups is 1. The van der Waals surface area contributed by atoms with Crippen molar-refractivity contribution in [3.05, 3.63) is 53.7 Å². The molecule has 1 aliphatic rings. The van der Waals surface area contributed by atoms with E-state index in [1.54, 1.807) is 11.8 Å². The Hall–Kier alpha value is -1.52. The van der Waals surface area contributed by atoms with E-state index in [0.29, 0.717) is 6.54 Å². The minimum atomic E-state index is 0. The average molecular weight is 541 g/mol. The maximum Gasteiger partial charge on any atom is 0.193 e. The van der Waals surface area contributed by atoms with Gasteiger partial charge in [-0.3, -0.25) is 4.99 Å². The number of hydrogen-bond donors (Lipinski definition) is 1. The zero-order chi connectivity index (χ0) is 20.6. The van der Waals surface area contributed by atoms with E-state index in [-0.39, 0.29) is 24.0 Å². The number of pyridine rings is 1. The van der Waals surface area contributed by atoms with Crippen LogP contribution in [0, 0.1) is 0 Å². The van der Waals surface area contributed by atoms with Crippen molar-refractivity contribution in [2.75, 3.05) is 58.5 Å². The van der Waals surface area contributed by atoms with Crippen LogP contribution < -0.4 is 10.2 Å². The van der Waals surface area contributed by atoms with Crippen molar-refractivity contribution in [2.24, 2.45) is 4.99 Å². The third-order valence-electron chi connectivity index (χ3n) is 5.26. The molecule has 164 valence electrons. The Morgan fingerprint density at radius 3 is 2.50 bits per heavy atom. The third-order valence-corrected chi connectivity index (χ3v) is 6.00. The van der Waals surface area contributed by atoms with Crippen molar-refractivity contribution < 1.29 is 0 Å². The molecule has 30 heavy (non-hydrogen) atoms. The van der Waals surface area contributed by atoms with Gasteiger partial charge < -0.3 is 20.0 Å². The number of nitrogens with one attached hydrogen (secondary N) is 1. The maximum atomic E-state index is 4.67. The highest BCUT2D eigenvalue weighted by molar-refractivity contribution is 14.0. The maximum absolute atomic E-state index is 4.67. The number of rotatable bonds is 6. The first-order valence-corrected chi connectivity index (χ1v) is 11.2. The van der Waals surface area contributed by atoms with Crippen molar-refractivity contribution >= 4 is 47.5 Å². The van der Waals surface area contributed by atoms with E-state index in [2.05, 4.69) is 80.7 Å². The molecule has 1 N–H and O–H groups in total. The van der Waals surface area contributed by atoms with Gasteiger partial charge in [0.1, 0.15) is 5.82 Å². The second kappa shape index (κ2) is 12.4. The van der Waals surface area contributed by atoms with Gasteiger partial charge in [-0.2, -0.15) is 0 Å². The smallest absolute Gasteiger partial charge is 0.193 e. The highest BCUT2D eigenvalue weighted by Crippen LogP contribution is 2.19. The Balaban J connectivity index is 0.00000320. The molecular formula is C22H33IN6S. The van der Waals surface area contributed by atoms with Gasteiger partial charge in [-0.15, -0.1) is 35.7 Å². The molecule has 0 radical (unpaired) electrons. The van der Waals surface area contributed by atoms with Gasteiger partial charge in [-0.1, -0.05) is 18.2 Å². The summed E-state index contributed by atoms with van der Waals surface area (Å²) >= 11 is 1.76. The number of aliphatic imine (C=N–C) groups is 1. The fourth-order valence-corrected chi connectivity index (χ4v) is 3.92. The predicted molar refractivity (Wildman–Crippen MR) is 139 cm³/mol. The monoisotopic (exact) mass is 540 g/mol. The number of halogens is 1. The molecule has 6 nitrogen and oxygen atoms in total. The molecular weight excluding hydrogens is 507 g/mol. The van der Waals surface area contributed by atoms with Crippen molar-refractivity contribution in [1.29, 1.82) is 0 Å². The van der Waals surface area contributed by atoms with Gasteiger partial charge >= 0.3 is 0 Å². The number of benzene rings is 1. The first-order valence-electron chi connectivity index (χ1n) is 10.0. The highest BCUT2D eigenvalue weighted by atomic mass is 127. The van der Waals surface area contributed by atoms with Gasteiger partial charge in [0.15, 0.2) is 5.96 Å². The molecule has 3 rings (SSSR count). The molecule has 1 aliphatic heterocycles. The summed E-state index contributed by atoms with van der Waals surface area (Å²) in [6.45, 7) is 5.69. The van der Waals surface area contributed by atoms with Crippen LogP contribution in [0.5, 0.6) is 0 Å². The lowest BCUT2D eigenvalue weighted by Crippen LogP contribution is -2.45. The Morgan fingerprint density at radius 1 is 1.17 bits per heavy atom. The Kier molecular flexibility index (Phi) is 10.2. The first-order chi connectivity index (χ1) is 14.1. The highest BCUT2D eigenvalue weighted by Gasteiger charge is 2.18. The number of anilines is 1. The summed E-state index contributed by atoms with van der Waals surface area (Å²) in [5.41, 5.74) is 2.48. The standard InChI is InChI=1S/C22H32N6S.HI/c1-23-22(27(3)17-18-7-9-20(29-4)10-8-18)25-16-19-6-5-11-24-21(19)28-14-12-26(2)13-15-28;/h5-11H,12-17H2,1-4H3,(H,23,25);1H. The summed E-state index contributed by atoms with van der Waals surface area (Å²) in [5.74, 6) is 1.96. The number of piperazine rings is 1. The Labute approximate surface area is 202 Å². The fraction of sp³-hybridized carbons (Fsp3) is 0.455. The number of hydrogen-bond acceptors (Lipinski definition) is 5. The van der Waals surface area contributed by atoms with Gasteiger partial charge in [0, 0.05) is 70.0 Å². The Bertz CT molecular complexity index is 806. The summed E-state index contributed by atoms with van der Waals surface area (Å²) in [6.07, 6.45) is 3.98. The van der Waals surface area contributed by atoms with Gasteiger partial charge in [-0.25, -0.2) is 4.98 Å². The molecule has 8 heteroatoms. The lowest BCUT2D eigenvalue weighted by atomic mass is 10.2. The van der Waals surface area contributed by atoms with Gasteiger partial charge in [0.2, 0.25) is 0 Å². The molecule has 0 bridgehead atoms. The molecule has 2 aromatic rings. The topological polar surface area (TPSA) is 47.0 Å². The lowest BCUT2D eigenvalue weighted by Gasteiger charge is -2.34. The normalized spacial score (nSPS) is 14.9. The summed E-state index contributed by atoms with van der Waals surface area (Å²) in [7, 11) is 6.08. The van der Waals surface area contributed by atoms with Crippen LogP contribution in [0.25, 0.3) is 0 Å². The molecule has 1 saturated heterocycles. The van der Waals surface area contributed by atoms with Crippen molar-refractivity contribution in [2.45, 2.75) is 18.0 Å². The van der Waals surface area contributed by atoms with Gasteiger partial charge in [0.05, 0.1) is 0 Å². The fourth-order valence-electron chi connectivity index (χ4n) is 3.51. The van der Waals surface area contributed by atoms with E-state index in [0.717, 1.165) is 44.5 Å². The summed E-state index contributed by atoms with van der Waals surface area (Å²) in [6, 6.07) is 12.9. The number of likely N-dealkylation sites (N-methyl/N-ethyl adjacent to an activating group) is 1. The van der Waals surface area contributed by atoms with Crippen LogP contribution in [0.2, 0.25) is 0 Å². The SMILES string of the molecule is CN=C(NCc1cccnc1N1CCN(C)CC1)N(C)Cc1ccc(SC)cc1.I. The van der Waals surface area contributed by atoms with Gasteiger partial charge in [0.25, 0.3) is 0 Å². The number of nitrogens with zero attached hydrogens (tertiary/aromatic N) is 5. The summed E-state index contributed by atoms with van der Waals surface area (Å²) in [5, 5.41) is 3.51. The molecule has 1 aromatic heterocycles. The zero-order valence-corrected chi connectivity index (χ0v) is 21.5. The van der Waals surface area contributed by atoms with Crippen LogP contribution in [0.1, 0.15) is 11.1 Å². The molecule has 0 aliphatic carbocycles.